The van der Waals surface area contributed by atoms with Crippen molar-refractivity contribution in [2.45, 2.75) is 79.3 Å². The molecule has 0 N–H and O–H groups in total. The van der Waals surface area contributed by atoms with E-state index >= 15 is 0 Å². The zero-order valence-corrected chi connectivity index (χ0v) is 19.4. The van der Waals surface area contributed by atoms with E-state index < -0.39 is 14.9 Å². The first kappa shape index (κ1) is 22.2. The van der Waals surface area contributed by atoms with Crippen molar-refractivity contribution >= 4 is 27.5 Å². The van der Waals surface area contributed by atoms with E-state index in [1.54, 1.807) is 0 Å². The number of rotatable bonds is 7. The molecule has 1 aromatic heterocycles. The van der Waals surface area contributed by atoms with E-state index in [1.807, 2.05) is 13.8 Å². The minimum atomic E-state index is -3.76. The Morgan fingerprint density at radius 3 is 2.39 bits per heavy atom. The lowest BCUT2D eigenvalue weighted by Crippen LogP contribution is -2.31. The predicted molar refractivity (Wildman–Crippen MR) is 117 cm³/mol. The van der Waals surface area contributed by atoms with Crippen molar-refractivity contribution in [3.05, 3.63) is 34.1 Å². The van der Waals surface area contributed by atoms with Gasteiger partial charge in [-0.1, -0.05) is 26.7 Å². The Labute approximate surface area is 186 Å². The van der Waals surface area contributed by atoms with E-state index in [9.17, 15) is 18.5 Å². The molecule has 31 heavy (non-hydrogen) atoms. The van der Waals surface area contributed by atoms with Gasteiger partial charge in [0.05, 0.1) is 14.7 Å². The van der Waals surface area contributed by atoms with Crippen molar-refractivity contribution in [3.63, 3.8) is 0 Å². The molecule has 0 atom stereocenters. The standard InChI is InChI=1S/C20H27N5O4S2/c1-14(2)19-21-22-20(24(19)15-7-8-15)30-18-10-9-16(13-17(18)25(26)27)31(28,29)23-11-5-3-4-6-12-23/h9-10,13-15H,3-8,11-12H2,1-2H3. The number of aromatic nitrogens is 3. The van der Waals surface area contributed by atoms with Crippen LogP contribution in [0, 0.1) is 10.1 Å². The van der Waals surface area contributed by atoms with Crippen LogP contribution in [0.1, 0.15) is 70.2 Å². The summed E-state index contributed by atoms with van der Waals surface area (Å²) in [4.78, 5) is 11.6. The summed E-state index contributed by atoms with van der Waals surface area (Å²) < 4.78 is 29.7. The van der Waals surface area contributed by atoms with Crippen LogP contribution in [-0.2, 0) is 10.0 Å². The first-order chi connectivity index (χ1) is 14.8. The van der Waals surface area contributed by atoms with Gasteiger partial charge in [-0.3, -0.25) is 10.1 Å². The fraction of sp³-hybridized carbons (Fsp3) is 0.600. The highest BCUT2D eigenvalue weighted by Gasteiger charge is 2.32. The Hall–Kier alpha value is -1.98. The number of benzene rings is 1. The average Bonchev–Trinajstić information content (AvgIpc) is 3.52. The molecule has 0 radical (unpaired) electrons. The highest BCUT2D eigenvalue weighted by Crippen LogP contribution is 2.43. The van der Waals surface area contributed by atoms with E-state index in [2.05, 4.69) is 14.8 Å². The largest absolute Gasteiger partial charge is 0.302 e. The van der Waals surface area contributed by atoms with Crippen LogP contribution in [0.25, 0.3) is 0 Å². The molecule has 9 nitrogen and oxygen atoms in total. The normalized spacial score (nSPS) is 18.3. The fourth-order valence-corrected chi connectivity index (χ4v) is 6.37. The van der Waals surface area contributed by atoms with Crippen LogP contribution in [-0.4, -0.2) is 45.5 Å². The van der Waals surface area contributed by atoms with Crippen molar-refractivity contribution in [2.24, 2.45) is 0 Å². The Balaban J connectivity index is 1.67. The fourth-order valence-electron chi connectivity index (χ4n) is 3.84. The topological polar surface area (TPSA) is 111 Å². The number of hydrogen-bond acceptors (Lipinski definition) is 7. The van der Waals surface area contributed by atoms with Gasteiger partial charge in [-0.2, -0.15) is 4.31 Å². The highest BCUT2D eigenvalue weighted by atomic mass is 32.2. The maximum absolute atomic E-state index is 13.1. The lowest BCUT2D eigenvalue weighted by atomic mass is 10.2. The Kier molecular flexibility index (Phi) is 6.36. The molecule has 11 heteroatoms. The van der Waals surface area contributed by atoms with Crippen molar-refractivity contribution in [1.82, 2.24) is 19.1 Å². The van der Waals surface area contributed by atoms with Gasteiger partial charge >= 0.3 is 0 Å². The van der Waals surface area contributed by atoms with Crippen LogP contribution in [0.2, 0.25) is 0 Å². The second-order valence-corrected chi connectivity index (χ2v) is 11.4. The van der Waals surface area contributed by atoms with Crippen LogP contribution in [0.3, 0.4) is 0 Å². The van der Waals surface area contributed by atoms with E-state index in [0.29, 0.717) is 29.2 Å². The molecule has 2 heterocycles. The molecule has 1 aromatic carbocycles. The Morgan fingerprint density at radius 1 is 1.13 bits per heavy atom. The summed E-state index contributed by atoms with van der Waals surface area (Å²) in [5.74, 6) is 1.06. The minimum Gasteiger partial charge on any atom is -0.302 e. The monoisotopic (exact) mass is 465 g/mol. The van der Waals surface area contributed by atoms with Crippen molar-refractivity contribution in [3.8, 4) is 0 Å². The summed E-state index contributed by atoms with van der Waals surface area (Å²) in [5.41, 5.74) is -0.225. The molecule has 0 amide bonds. The molecular weight excluding hydrogens is 438 g/mol. The Bertz CT molecular complexity index is 1070. The summed E-state index contributed by atoms with van der Waals surface area (Å²) in [6.45, 7) is 4.99. The molecule has 1 aliphatic carbocycles. The van der Waals surface area contributed by atoms with Crippen molar-refractivity contribution < 1.29 is 13.3 Å². The molecule has 2 fully saturated rings. The first-order valence-electron chi connectivity index (χ1n) is 10.7. The maximum Gasteiger partial charge on any atom is 0.284 e. The highest BCUT2D eigenvalue weighted by molar-refractivity contribution is 7.99. The van der Waals surface area contributed by atoms with Crippen LogP contribution < -0.4 is 0 Å². The number of hydrogen-bond donors (Lipinski definition) is 0. The van der Waals surface area contributed by atoms with Crippen LogP contribution in [0.4, 0.5) is 5.69 Å². The van der Waals surface area contributed by atoms with Gasteiger partial charge in [-0.05, 0) is 49.6 Å². The van der Waals surface area contributed by atoms with E-state index in [-0.39, 0.29) is 16.5 Å². The van der Waals surface area contributed by atoms with Gasteiger partial charge in [0.2, 0.25) is 10.0 Å². The van der Waals surface area contributed by atoms with Gasteiger partial charge in [-0.25, -0.2) is 8.42 Å². The lowest BCUT2D eigenvalue weighted by Gasteiger charge is -2.20. The van der Waals surface area contributed by atoms with Gasteiger partial charge < -0.3 is 4.57 Å². The molecule has 1 aliphatic heterocycles. The molecule has 1 saturated carbocycles. The summed E-state index contributed by atoms with van der Waals surface area (Å²) in [5, 5.41) is 21.0. The number of nitro benzene ring substituents is 1. The lowest BCUT2D eigenvalue weighted by molar-refractivity contribution is -0.388. The quantitative estimate of drug-likeness (QED) is 0.441. The SMILES string of the molecule is CC(C)c1nnc(Sc2ccc(S(=O)(=O)N3CCCCCC3)cc2[N+](=O)[O-])n1C1CC1. The second-order valence-electron chi connectivity index (χ2n) is 8.40. The summed E-state index contributed by atoms with van der Waals surface area (Å²) in [7, 11) is -3.76. The summed E-state index contributed by atoms with van der Waals surface area (Å²) in [6.07, 6.45) is 5.71. The van der Waals surface area contributed by atoms with Crippen LogP contribution >= 0.6 is 11.8 Å². The molecule has 1 saturated heterocycles. The summed E-state index contributed by atoms with van der Waals surface area (Å²) >= 11 is 1.17. The predicted octanol–water partition coefficient (Wildman–Crippen LogP) is 4.36. The molecule has 168 valence electrons. The third-order valence-corrected chi connectivity index (χ3v) is 8.57. The average molecular weight is 466 g/mol. The third kappa shape index (κ3) is 4.63. The van der Waals surface area contributed by atoms with Gasteiger partial charge in [-0.15, -0.1) is 10.2 Å². The van der Waals surface area contributed by atoms with Crippen LogP contribution in [0.5, 0.6) is 0 Å². The number of nitrogens with zero attached hydrogens (tertiary/aromatic N) is 5. The van der Waals surface area contributed by atoms with Crippen molar-refractivity contribution in [1.29, 1.82) is 0 Å². The molecule has 0 unspecified atom stereocenters. The van der Waals surface area contributed by atoms with E-state index in [0.717, 1.165) is 44.3 Å². The molecule has 0 spiro atoms. The van der Waals surface area contributed by atoms with Gasteiger partial charge in [0.1, 0.15) is 5.82 Å². The molecule has 0 bridgehead atoms. The first-order valence-corrected chi connectivity index (χ1v) is 13.0. The maximum atomic E-state index is 13.1. The third-order valence-electron chi connectivity index (χ3n) is 5.65. The van der Waals surface area contributed by atoms with Crippen molar-refractivity contribution in [2.75, 3.05) is 13.1 Å². The zero-order chi connectivity index (χ0) is 22.2. The van der Waals surface area contributed by atoms with E-state index in [4.69, 9.17) is 0 Å². The molecule has 2 aromatic rings. The second kappa shape index (κ2) is 8.87. The molecule has 2 aliphatic rings. The Morgan fingerprint density at radius 2 is 1.81 bits per heavy atom. The number of sulfonamides is 1. The van der Waals surface area contributed by atoms with Gasteiger partial charge in [0, 0.05) is 31.1 Å². The summed E-state index contributed by atoms with van der Waals surface area (Å²) in [6, 6.07) is 4.51. The minimum absolute atomic E-state index is 0.0306. The number of nitro groups is 1. The van der Waals surface area contributed by atoms with Crippen LogP contribution in [0.15, 0.2) is 33.1 Å². The van der Waals surface area contributed by atoms with E-state index in [1.165, 1.54) is 34.3 Å². The molecule has 4 rings (SSSR count). The molecular formula is C20H27N5O4S2. The van der Waals surface area contributed by atoms with Gasteiger partial charge in [0.15, 0.2) is 5.16 Å². The smallest absolute Gasteiger partial charge is 0.284 e. The van der Waals surface area contributed by atoms with Gasteiger partial charge in [0.25, 0.3) is 5.69 Å². The zero-order valence-electron chi connectivity index (χ0n) is 17.7.